The van der Waals surface area contributed by atoms with Crippen molar-refractivity contribution in [3.05, 3.63) is 23.4 Å². The van der Waals surface area contributed by atoms with E-state index in [2.05, 4.69) is 10.3 Å². The SMILES string of the molecule is O=C1CCc2c(C(F)(F)F)ccnc2N1. The van der Waals surface area contributed by atoms with Crippen LogP contribution in [-0.2, 0) is 17.4 Å². The molecule has 1 N–H and O–H groups in total. The van der Waals surface area contributed by atoms with Crippen molar-refractivity contribution >= 4 is 11.7 Å². The predicted molar refractivity (Wildman–Crippen MR) is 46.2 cm³/mol. The summed E-state index contributed by atoms with van der Waals surface area (Å²) in [4.78, 5) is 14.7. The van der Waals surface area contributed by atoms with Crippen molar-refractivity contribution in [2.45, 2.75) is 19.0 Å². The molecule has 2 heterocycles. The summed E-state index contributed by atoms with van der Waals surface area (Å²) in [5, 5.41) is 2.32. The van der Waals surface area contributed by atoms with E-state index in [1.54, 1.807) is 0 Å². The second-order valence-electron chi connectivity index (χ2n) is 3.23. The maximum absolute atomic E-state index is 12.5. The first-order chi connectivity index (χ1) is 6.98. The quantitative estimate of drug-likeness (QED) is 0.720. The highest BCUT2D eigenvalue weighted by molar-refractivity contribution is 5.93. The molecule has 0 aromatic carbocycles. The fourth-order valence-electron chi connectivity index (χ4n) is 1.55. The highest BCUT2D eigenvalue weighted by atomic mass is 19.4. The number of halogens is 3. The maximum atomic E-state index is 12.5. The highest BCUT2D eigenvalue weighted by Gasteiger charge is 2.35. The molecule has 3 nitrogen and oxygen atoms in total. The summed E-state index contributed by atoms with van der Waals surface area (Å²) in [6.45, 7) is 0. The molecule has 1 aliphatic rings. The molecule has 0 radical (unpaired) electrons. The van der Waals surface area contributed by atoms with Crippen LogP contribution in [0.4, 0.5) is 19.0 Å². The summed E-state index contributed by atoms with van der Waals surface area (Å²) in [6, 6.07) is 0.927. The first-order valence-electron chi connectivity index (χ1n) is 4.33. The van der Waals surface area contributed by atoms with Crippen molar-refractivity contribution in [2.24, 2.45) is 0 Å². The van der Waals surface area contributed by atoms with Crippen LogP contribution in [0.1, 0.15) is 17.5 Å². The van der Waals surface area contributed by atoms with Crippen LogP contribution < -0.4 is 5.32 Å². The van der Waals surface area contributed by atoms with E-state index in [0.717, 1.165) is 12.3 Å². The van der Waals surface area contributed by atoms with Crippen molar-refractivity contribution in [3.8, 4) is 0 Å². The number of fused-ring (bicyclic) bond motifs is 1. The van der Waals surface area contributed by atoms with Gasteiger partial charge in [-0.1, -0.05) is 0 Å². The zero-order valence-corrected chi connectivity index (χ0v) is 7.56. The number of nitrogens with one attached hydrogen (secondary N) is 1. The lowest BCUT2D eigenvalue weighted by Gasteiger charge is -2.19. The van der Waals surface area contributed by atoms with Gasteiger partial charge in [0.25, 0.3) is 0 Å². The van der Waals surface area contributed by atoms with Gasteiger partial charge in [-0.3, -0.25) is 4.79 Å². The molecule has 0 bridgehead atoms. The van der Waals surface area contributed by atoms with Gasteiger partial charge in [0.05, 0.1) is 5.56 Å². The summed E-state index contributed by atoms with van der Waals surface area (Å²) in [6.07, 6.45) is -3.19. The van der Waals surface area contributed by atoms with Crippen LogP contribution in [0.25, 0.3) is 0 Å². The number of hydrogen-bond acceptors (Lipinski definition) is 2. The molecule has 1 aromatic heterocycles. The van der Waals surface area contributed by atoms with Gasteiger partial charge in [0.15, 0.2) is 0 Å². The van der Waals surface area contributed by atoms with Crippen molar-refractivity contribution in [3.63, 3.8) is 0 Å². The minimum Gasteiger partial charge on any atom is -0.310 e. The Morgan fingerprint density at radius 3 is 2.73 bits per heavy atom. The van der Waals surface area contributed by atoms with Crippen molar-refractivity contribution in [1.82, 2.24) is 4.98 Å². The monoisotopic (exact) mass is 216 g/mol. The Morgan fingerprint density at radius 1 is 1.33 bits per heavy atom. The van der Waals surface area contributed by atoms with Crippen LogP contribution >= 0.6 is 0 Å². The van der Waals surface area contributed by atoms with E-state index in [0.29, 0.717) is 0 Å². The Morgan fingerprint density at radius 2 is 2.07 bits per heavy atom. The lowest BCUT2D eigenvalue weighted by molar-refractivity contribution is -0.138. The summed E-state index contributed by atoms with van der Waals surface area (Å²) in [5.74, 6) is -0.268. The van der Waals surface area contributed by atoms with Gasteiger partial charge in [-0.15, -0.1) is 0 Å². The van der Waals surface area contributed by atoms with Gasteiger partial charge in [-0.25, -0.2) is 4.98 Å². The van der Waals surface area contributed by atoms with Crippen LogP contribution in [0, 0.1) is 0 Å². The fraction of sp³-hybridized carbons (Fsp3) is 0.333. The van der Waals surface area contributed by atoms with E-state index in [1.807, 2.05) is 0 Å². The smallest absolute Gasteiger partial charge is 0.310 e. The Bertz CT molecular complexity index is 414. The van der Waals surface area contributed by atoms with Gasteiger partial charge >= 0.3 is 6.18 Å². The van der Waals surface area contributed by atoms with E-state index in [1.165, 1.54) is 0 Å². The van der Waals surface area contributed by atoms with Crippen LogP contribution in [0.5, 0.6) is 0 Å². The van der Waals surface area contributed by atoms with Crippen LogP contribution in [-0.4, -0.2) is 10.9 Å². The Hall–Kier alpha value is -1.59. The number of rotatable bonds is 0. The van der Waals surface area contributed by atoms with Crippen molar-refractivity contribution in [1.29, 1.82) is 0 Å². The number of pyridine rings is 1. The van der Waals surface area contributed by atoms with Gasteiger partial charge in [0.1, 0.15) is 5.82 Å². The number of carbonyl (C=O) groups excluding carboxylic acids is 1. The molecular weight excluding hydrogens is 209 g/mol. The van der Waals surface area contributed by atoms with Crippen molar-refractivity contribution in [2.75, 3.05) is 5.32 Å². The first-order valence-corrected chi connectivity index (χ1v) is 4.33. The van der Waals surface area contributed by atoms with E-state index in [9.17, 15) is 18.0 Å². The number of carbonyl (C=O) groups is 1. The zero-order chi connectivity index (χ0) is 11.1. The molecular formula is C9H7F3N2O. The summed E-state index contributed by atoms with van der Waals surface area (Å²) in [7, 11) is 0. The fourth-order valence-corrected chi connectivity index (χ4v) is 1.55. The third-order valence-electron chi connectivity index (χ3n) is 2.22. The molecule has 15 heavy (non-hydrogen) atoms. The molecule has 2 rings (SSSR count). The Kier molecular flexibility index (Phi) is 2.13. The summed E-state index contributed by atoms with van der Waals surface area (Å²) < 4.78 is 37.6. The van der Waals surface area contributed by atoms with Gasteiger partial charge in [0, 0.05) is 18.2 Å². The molecule has 1 aromatic rings. The standard InChI is InChI=1S/C9H7F3N2O/c10-9(11,12)6-3-4-13-8-5(6)1-2-7(15)14-8/h3-4H,1-2H2,(H,13,14,15). The largest absolute Gasteiger partial charge is 0.416 e. The summed E-state index contributed by atoms with van der Waals surface area (Å²) >= 11 is 0. The third-order valence-corrected chi connectivity index (χ3v) is 2.22. The molecule has 0 saturated heterocycles. The average molecular weight is 216 g/mol. The number of anilines is 1. The molecule has 0 spiro atoms. The average Bonchev–Trinajstić information content (AvgIpc) is 2.15. The Balaban J connectivity index is 2.51. The van der Waals surface area contributed by atoms with Gasteiger partial charge in [0.2, 0.25) is 5.91 Å². The normalized spacial score (nSPS) is 15.8. The molecule has 80 valence electrons. The molecule has 0 saturated carbocycles. The van der Waals surface area contributed by atoms with E-state index in [-0.39, 0.29) is 30.1 Å². The summed E-state index contributed by atoms with van der Waals surface area (Å²) in [5.41, 5.74) is -0.642. The third kappa shape index (κ3) is 1.79. The van der Waals surface area contributed by atoms with Gasteiger partial charge < -0.3 is 5.32 Å². The lowest BCUT2D eigenvalue weighted by Crippen LogP contribution is -2.23. The molecule has 0 unspecified atom stereocenters. The highest BCUT2D eigenvalue weighted by Crippen LogP contribution is 2.35. The van der Waals surface area contributed by atoms with Gasteiger partial charge in [-0.2, -0.15) is 13.2 Å². The minimum absolute atomic E-state index is 0.0288. The van der Waals surface area contributed by atoms with Crippen LogP contribution in [0.2, 0.25) is 0 Å². The second-order valence-corrected chi connectivity index (χ2v) is 3.23. The molecule has 0 fully saturated rings. The molecule has 1 amide bonds. The molecule has 0 atom stereocenters. The number of alkyl halides is 3. The van der Waals surface area contributed by atoms with Crippen LogP contribution in [0.3, 0.4) is 0 Å². The molecule has 0 aliphatic carbocycles. The zero-order valence-electron chi connectivity index (χ0n) is 7.56. The number of aromatic nitrogens is 1. The molecule has 6 heteroatoms. The first kappa shape index (κ1) is 9.95. The minimum atomic E-state index is -4.39. The maximum Gasteiger partial charge on any atom is 0.416 e. The van der Waals surface area contributed by atoms with E-state index >= 15 is 0 Å². The van der Waals surface area contributed by atoms with E-state index in [4.69, 9.17) is 0 Å². The predicted octanol–water partition coefficient (Wildman–Crippen LogP) is 1.99. The second kappa shape index (κ2) is 3.22. The number of hydrogen-bond donors (Lipinski definition) is 1. The van der Waals surface area contributed by atoms with E-state index < -0.39 is 11.7 Å². The Labute approximate surface area is 83.3 Å². The lowest BCUT2D eigenvalue weighted by atomic mass is 10.0. The molecule has 1 aliphatic heterocycles. The van der Waals surface area contributed by atoms with Crippen LogP contribution in [0.15, 0.2) is 12.3 Å². The number of amides is 1. The topological polar surface area (TPSA) is 42.0 Å². The number of nitrogens with zero attached hydrogens (tertiary/aromatic N) is 1. The van der Waals surface area contributed by atoms with Crippen molar-refractivity contribution < 1.29 is 18.0 Å². The van der Waals surface area contributed by atoms with Gasteiger partial charge in [-0.05, 0) is 12.5 Å².